The lowest BCUT2D eigenvalue weighted by molar-refractivity contribution is 0.144. The van der Waals surface area contributed by atoms with Crippen molar-refractivity contribution in [3.63, 3.8) is 0 Å². The molecule has 1 fully saturated rings. The average molecular weight is 229 g/mol. The van der Waals surface area contributed by atoms with Crippen LogP contribution in [-0.4, -0.2) is 5.54 Å². The summed E-state index contributed by atoms with van der Waals surface area (Å²) >= 11 is 0. The predicted molar refractivity (Wildman–Crippen MR) is 73.5 cm³/mol. The van der Waals surface area contributed by atoms with Gasteiger partial charge in [-0.1, -0.05) is 51.8 Å². The van der Waals surface area contributed by atoms with Gasteiger partial charge in [-0.25, -0.2) is 0 Å². The lowest BCUT2D eigenvalue weighted by atomic mass is 9.57. The smallest absolute Gasteiger partial charge is 0.0491 e. The molecule has 17 heavy (non-hydrogen) atoms. The molecule has 0 bridgehead atoms. The van der Waals surface area contributed by atoms with Gasteiger partial charge in [0.1, 0.15) is 0 Å². The van der Waals surface area contributed by atoms with Gasteiger partial charge in [-0.15, -0.1) is 0 Å². The van der Waals surface area contributed by atoms with Gasteiger partial charge in [-0.05, 0) is 30.4 Å². The van der Waals surface area contributed by atoms with Crippen LogP contribution in [0.5, 0.6) is 0 Å². The molecule has 1 N–H and O–H groups in total. The number of benzene rings is 1. The van der Waals surface area contributed by atoms with Crippen LogP contribution in [0.4, 0.5) is 5.69 Å². The number of hydrogen-bond donors (Lipinski definition) is 1. The topological polar surface area (TPSA) is 12.0 Å². The molecule has 1 saturated carbocycles. The first-order valence-electron chi connectivity index (χ1n) is 6.98. The van der Waals surface area contributed by atoms with Crippen LogP contribution in [0.15, 0.2) is 24.3 Å². The quantitative estimate of drug-likeness (QED) is 0.755. The van der Waals surface area contributed by atoms with Crippen LogP contribution in [0.2, 0.25) is 0 Å². The van der Waals surface area contributed by atoms with Crippen molar-refractivity contribution in [2.24, 2.45) is 5.92 Å². The Morgan fingerprint density at radius 3 is 2.59 bits per heavy atom. The molecule has 1 aromatic rings. The molecule has 1 aromatic carbocycles. The Morgan fingerprint density at radius 2 is 1.82 bits per heavy atom. The average Bonchev–Trinajstić information content (AvgIpc) is 2.60. The Kier molecular flexibility index (Phi) is 2.30. The van der Waals surface area contributed by atoms with Crippen LogP contribution in [-0.2, 0) is 5.41 Å². The molecule has 0 saturated heterocycles. The summed E-state index contributed by atoms with van der Waals surface area (Å²) in [6.07, 6.45) is 5.39. The van der Waals surface area contributed by atoms with Crippen LogP contribution in [0.1, 0.15) is 52.0 Å². The van der Waals surface area contributed by atoms with Gasteiger partial charge in [-0.2, -0.15) is 0 Å². The largest absolute Gasteiger partial charge is 0.378 e. The van der Waals surface area contributed by atoms with Crippen LogP contribution in [0, 0.1) is 5.92 Å². The van der Waals surface area contributed by atoms with E-state index in [0.29, 0.717) is 11.3 Å². The number of anilines is 1. The molecule has 1 heterocycles. The monoisotopic (exact) mass is 229 g/mol. The zero-order valence-electron chi connectivity index (χ0n) is 11.2. The fourth-order valence-corrected chi connectivity index (χ4v) is 4.34. The number of para-hydroxylation sites is 1. The van der Waals surface area contributed by atoms with E-state index in [2.05, 4.69) is 50.4 Å². The van der Waals surface area contributed by atoms with Gasteiger partial charge in [0.25, 0.3) is 0 Å². The van der Waals surface area contributed by atoms with E-state index in [-0.39, 0.29) is 5.54 Å². The van der Waals surface area contributed by atoms with Crippen molar-refractivity contribution >= 4 is 5.69 Å². The minimum atomic E-state index is 0.287. The van der Waals surface area contributed by atoms with Gasteiger partial charge in [0.15, 0.2) is 0 Å². The van der Waals surface area contributed by atoms with Crippen molar-refractivity contribution < 1.29 is 0 Å². The first-order chi connectivity index (χ1) is 8.10. The summed E-state index contributed by atoms with van der Waals surface area (Å²) in [4.78, 5) is 0. The molecule has 92 valence electrons. The number of nitrogens with one attached hydrogen (secondary N) is 1. The highest BCUT2D eigenvalue weighted by molar-refractivity contribution is 5.65. The van der Waals surface area contributed by atoms with Crippen LogP contribution in [0.3, 0.4) is 0 Å². The van der Waals surface area contributed by atoms with Crippen molar-refractivity contribution in [3.05, 3.63) is 29.8 Å². The maximum atomic E-state index is 3.89. The molecular weight excluding hydrogens is 206 g/mol. The molecule has 0 spiro atoms. The molecule has 0 radical (unpaired) electrons. The Morgan fingerprint density at radius 1 is 1.12 bits per heavy atom. The van der Waals surface area contributed by atoms with E-state index >= 15 is 0 Å². The van der Waals surface area contributed by atoms with Gasteiger partial charge < -0.3 is 5.32 Å². The predicted octanol–water partition coefficient (Wildman–Crippen LogP) is 4.34. The van der Waals surface area contributed by atoms with E-state index < -0.39 is 0 Å². The van der Waals surface area contributed by atoms with Gasteiger partial charge in [0, 0.05) is 16.6 Å². The summed E-state index contributed by atoms with van der Waals surface area (Å²) in [5, 5.41) is 3.89. The molecule has 1 heteroatoms. The first-order valence-corrected chi connectivity index (χ1v) is 6.98. The summed E-state index contributed by atoms with van der Waals surface area (Å²) in [5.41, 5.74) is 3.55. The van der Waals surface area contributed by atoms with Gasteiger partial charge in [0.2, 0.25) is 0 Å². The lowest BCUT2D eigenvalue weighted by Crippen LogP contribution is -2.56. The summed E-state index contributed by atoms with van der Waals surface area (Å²) in [6.45, 7) is 7.23. The van der Waals surface area contributed by atoms with E-state index in [1.165, 1.54) is 31.4 Å². The number of hydrogen-bond acceptors (Lipinski definition) is 1. The van der Waals surface area contributed by atoms with E-state index in [9.17, 15) is 0 Å². The standard InChI is InChI=1S/C16H23N/c1-12(2)16-11-7-6-10-15(16,3)13-8-4-5-9-14(13)17-16/h4-5,8-9,12,17H,6-7,10-11H2,1-3H3/t15?,16-/m1/s1. The second-order valence-corrected chi connectivity index (χ2v) is 6.34. The van der Waals surface area contributed by atoms with Crippen LogP contribution >= 0.6 is 0 Å². The lowest BCUT2D eigenvalue weighted by Gasteiger charge is -2.50. The van der Waals surface area contributed by atoms with E-state index in [4.69, 9.17) is 0 Å². The number of fused-ring (bicyclic) bond motifs is 3. The molecular formula is C16H23N. The minimum Gasteiger partial charge on any atom is -0.378 e. The normalized spacial score (nSPS) is 35.3. The van der Waals surface area contributed by atoms with Gasteiger partial charge in [-0.3, -0.25) is 0 Å². The van der Waals surface area contributed by atoms with Crippen LogP contribution < -0.4 is 5.32 Å². The highest BCUT2D eigenvalue weighted by Crippen LogP contribution is 2.57. The summed E-state index contributed by atoms with van der Waals surface area (Å²) < 4.78 is 0. The maximum absolute atomic E-state index is 3.89. The third kappa shape index (κ3) is 1.26. The summed E-state index contributed by atoms with van der Waals surface area (Å²) in [6, 6.07) is 8.93. The van der Waals surface area contributed by atoms with E-state index in [1.54, 1.807) is 5.56 Å². The molecule has 1 unspecified atom stereocenters. The Balaban J connectivity index is 2.17. The van der Waals surface area contributed by atoms with Crippen LogP contribution in [0.25, 0.3) is 0 Å². The zero-order chi connectivity index (χ0) is 12.1. The first kappa shape index (κ1) is 11.1. The fourth-order valence-electron chi connectivity index (χ4n) is 4.34. The fraction of sp³-hybridized carbons (Fsp3) is 0.625. The molecule has 0 aromatic heterocycles. The molecule has 0 amide bonds. The molecule has 2 aliphatic rings. The Bertz CT molecular complexity index is 437. The van der Waals surface area contributed by atoms with Crippen molar-refractivity contribution in [2.75, 3.05) is 5.32 Å². The second-order valence-electron chi connectivity index (χ2n) is 6.34. The van der Waals surface area contributed by atoms with E-state index in [1.807, 2.05) is 0 Å². The SMILES string of the molecule is CC(C)[C@]12CCCCC1(C)c1ccccc1N2. The van der Waals surface area contributed by atoms with Crippen molar-refractivity contribution in [1.29, 1.82) is 0 Å². The third-order valence-corrected chi connectivity index (χ3v) is 5.35. The molecule has 1 aliphatic heterocycles. The highest BCUT2D eigenvalue weighted by atomic mass is 15.1. The summed E-state index contributed by atoms with van der Waals surface area (Å²) in [5.74, 6) is 0.681. The Labute approximate surface area is 105 Å². The van der Waals surface area contributed by atoms with Gasteiger partial charge in [0.05, 0.1) is 0 Å². The summed E-state index contributed by atoms with van der Waals surface area (Å²) in [7, 11) is 0. The third-order valence-electron chi connectivity index (χ3n) is 5.35. The zero-order valence-corrected chi connectivity index (χ0v) is 11.2. The molecule has 3 rings (SSSR count). The maximum Gasteiger partial charge on any atom is 0.0491 e. The van der Waals surface area contributed by atoms with Crippen molar-refractivity contribution in [2.45, 2.75) is 57.4 Å². The minimum absolute atomic E-state index is 0.287. The highest BCUT2D eigenvalue weighted by Gasteiger charge is 2.56. The molecule has 1 nitrogen and oxygen atoms in total. The number of rotatable bonds is 1. The second kappa shape index (κ2) is 3.51. The van der Waals surface area contributed by atoms with Gasteiger partial charge >= 0.3 is 0 Å². The Hall–Kier alpha value is -0.980. The molecule has 1 aliphatic carbocycles. The van der Waals surface area contributed by atoms with Crippen molar-refractivity contribution in [3.8, 4) is 0 Å². The molecule has 2 atom stereocenters. The van der Waals surface area contributed by atoms with E-state index in [0.717, 1.165) is 0 Å². The van der Waals surface area contributed by atoms with Crippen molar-refractivity contribution in [1.82, 2.24) is 0 Å².